The molecule has 0 aromatic carbocycles. The van der Waals surface area contributed by atoms with E-state index in [-0.39, 0.29) is 30.1 Å². The van der Waals surface area contributed by atoms with Gasteiger partial charge < -0.3 is 14.2 Å². The standard InChI is InChI=1S/C23H27N5O4/c1-15-5-6-18(22(30)27(2)14-17-4-3-13-32-17)21(24-15)16-9-11-28(12-10-16)23(31)19-7-8-20(29)26-25-19/h3-6,13,16H,7-12,14H2,1-2H3,(H,26,29). The van der Waals surface area contributed by atoms with E-state index in [0.717, 1.165) is 17.1 Å². The number of nitrogens with zero attached hydrogens (tertiary/aromatic N) is 4. The Bertz CT molecular complexity index is 1040. The first-order chi connectivity index (χ1) is 15.4. The van der Waals surface area contributed by atoms with Crippen LogP contribution in [0.25, 0.3) is 0 Å². The predicted octanol–water partition coefficient (Wildman–Crippen LogP) is 2.23. The molecule has 0 spiro atoms. The van der Waals surface area contributed by atoms with Crippen molar-refractivity contribution in [1.29, 1.82) is 0 Å². The van der Waals surface area contributed by atoms with Gasteiger partial charge in [-0.3, -0.25) is 19.4 Å². The average Bonchev–Trinajstić information content (AvgIpc) is 3.32. The molecule has 9 nitrogen and oxygen atoms in total. The van der Waals surface area contributed by atoms with Crippen molar-refractivity contribution < 1.29 is 18.8 Å². The molecule has 1 N–H and O–H groups in total. The summed E-state index contributed by atoms with van der Waals surface area (Å²) < 4.78 is 5.37. The van der Waals surface area contributed by atoms with E-state index in [1.54, 1.807) is 29.2 Å². The number of nitrogens with one attached hydrogen (secondary N) is 1. The van der Waals surface area contributed by atoms with Gasteiger partial charge in [-0.05, 0) is 44.0 Å². The van der Waals surface area contributed by atoms with Gasteiger partial charge in [-0.15, -0.1) is 0 Å². The number of hydrogen-bond donors (Lipinski definition) is 1. The highest BCUT2D eigenvalue weighted by Gasteiger charge is 2.31. The molecule has 0 aliphatic carbocycles. The molecule has 168 valence electrons. The molecule has 0 atom stereocenters. The topological polar surface area (TPSA) is 108 Å². The number of carbonyl (C=O) groups excluding carboxylic acids is 3. The van der Waals surface area contributed by atoms with Gasteiger partial charge in [0.1, 0.15) is 11.5 Å². The zero-order valence-corrected chi connectivity index (χ0v) is 18.3. The minimum absolute atomic E-state index is 0.0860. The summed E-state index contributed by atoms with van der Waals surface area (Å²) in [5.74, 6) is 0.406. The fourth-order valence-corrected chi connectivity index (χ4v) is 4.15. The summed E-state index contributed by atoms with van der Waals surface area (Å²) in [5.41, 5.74) is 5.01. The smallest absolute Gasteiger partial charge is 0.270 e. The molecule has 32 heavy (non-hydrogen) atoms. The molecule has 0 radical (unpaired) electrons. The number of hydrogen-bond acceptors (Lipinski definition) is 6. The molecule has 9 heteroatoms. The Labute approximate surface area is 186 Å². The lowest BCUT2D eigenvalue weighted by molar-refractivity contribution is -0.125. The van der Waals surface area contributed by atoms with Crippen molar-refractivity contribution >= 4 is 23.4 Å². The van der Waals surface area contributed by atoms with Crippen LogP contribution in [0, 0.1) is 6.92 Å². The largest absolute Gasteiger partial charge is 0.467 e. The summed E-state index contributed by atoms with van der Waals surface area (Å²) in [6.07, 6.45) is 3.67. The maximum atomic E-state index is 13.2. The Hall–Kier alpha value is -3.49. The molecule has 2 aromatic heterocycles. The third-order valence-corrected chi connectivity index (χ3v) is 5.93. The lowest BCUT2D eigenvalue weighted by atomic mass is 9.89. The Morgan fingerprint density at radius 3 is 2.66 bits per heavy atom. The summed E-state index contributed by atoms with van der Waals surface area (Å²) in [7, 11) is 1.75. The highest BCUT2D eigenvalue weighted by molar-refractivity contribution is 6.39. The normalized spacial score (nSPS) is 17.0. The van der Waals surface area contributed by atoms with E-state index in [9.17, 15) is 14.4 Å². The van der Waals surface area contributed by atoms with Crippen LogP contribution >= 0.6 is 0 Å². The molecule has 4 rings (SSSR count). The lowest BCUT2D eigenvalue weighted by Gasteiger charge is -2.33. The molecule has 2 aromatic rings. The van der Waals surface area contributed by atoms with Gasteiger partial charge in [0, 0.05) is 44.6 Å². The van der Waals surface area contributed by atoms with Crippen LogP contribution in [0.5, 0.6) is 0 Å². The molecule has 0 saturated carbocycles. The average molecular weight is 438 g/mol. The van der Waals surface area contributed by atoms with Crippen LogP contribution < -0.4 is 5.43 Å². The second kappa shape index (κ2) is 9.33. The van der Waals surface area contributed by atoms with Gasteiger partial charge in [-0.1, -0.05) is 0 Å². The maximum absolute atomic E-state index is 13.2. The van der Waals surface area contributed by atoms with Gasteiger partial charge in [0.15, 0.2) is 0 Å². The zero-order chi connectivity index (χ0) is 22.7. The highest BCUT2D eigenvalue weighted by Crippen LogP contribution is 2.30. The highest BCUT2D eigenvalue weighted by atomic mass is 16.3. The van der Waals surface area contributed by atoms with Crippen molar-refractivity contribution in [1.82, 2.24) is 20.2 Å². The third-order valence-electron chi connectivity index (χ3n) is 5.93. The molecule has 3 amide bonds. The number of rotatable bonds is 5. The molecule has 0 bridgehead atoms. The number of aromatic nitrogens is 1. The lowest BCUT2D eigenvalue weighted by Crippen LogP contribution is -2.44. The number of furan rings is 1. The Balaban J connectivity index is 1.45. The number of likely N-dealkylation sites (tertiary alicyclic amines) is 1. The van der Waals surface area contributed by atoms with Gasteiger partial charge in [0.2, 0.25) is 5.91 Å². The fourth-order valence-electron chi connectivity index (χ4n) is 4.15. The van der Waals surface area contributed by atoms with Gasteiger partial charge in [0.05, 0.1) is 24.1 Å². The fraction of sp³-hybridized carbons (Fsp3) is 0.435. The van der Waals surface area contributed by atoms with Crippen LogP contribution in [-0.2, 0) is 16.1 Å². The number of amides is 3. The summed E-state index contributed by atoms with van der Waals surface area (Å²) >= 11 is 0. The Kier molecular flexibility index (Phi) is 6.34. The number of carbonyl (C=O) groups is 3. The quantitative estimate of drug-likeness (QED) is 0.772. The molecule has 4 heterocycles. The van der Waals surface area contributed by atoms with E-state index >= 15 is 0 Å². The zero-order valence-electron chi connectivity index (χ0n) is 18.3. The number of hydrazone groups is 1. The van der Waals surface area contributed by atoms with Crippen molar-refractivity contribution in [3.8, 4) is 0 Å². The van der Waals surface area contributed by atoms with Crippen molar-refractivity contribution in [2.45, 2.75) is 45.1 Å². The Morgan fingerprint density at radius 2 is 2.00 bits per heavy atom. The molecule has 2 aliphatic heterocycles. The van der Waals surface area contributed by atoms with E-state index in [0.29, 0.717) is 50.2 Å². The van der Waals surface area contributed by atoms with Crippen LogP contribution in [-0.4, -0.2) is 58.4 Å². The first-order valence-electron chi connectivity index (χ1n) is 10.8. The molecule has 1 saturated heterocycles. The molecule has 1 fully saturated rings. The minimum Gasteiger partial charge on any atom is -0.467 e. The monoisotopic (exact) mass is 437 g/mol. The van der Waals surface area contributed by atoms with Crippen LogP contribution in [0.4, 0.5) is 0 Å². The first kappa shape index (κ1) is 21.7. The van der Waals surface area contributed by atoms with Gasteiger partial charge in [-0.2, -0.15) is 5.10 Å². The summed E-state index contributed by atoms with van der Waals surface area (Å²) in [6, 6.07) is 7.34. The number of aryl methyl sites for hydroxylation is 1. The Morgan fingerprint density at radius 1 is 1.22 bits per heavy atom. The van der Waals surface area contributed by atoms with Crippen molar-refractivity contribution in [2.24, 2.45) is 5.10 Å². The van der Waals surface area contributed by atoms with E-state index in [1.807, 2.05) is 25.1 Å². The third kappa shape index (κ3) is 4.71. The minimum atomic E-state index is -0.167. The van der Waals surface area contributed by atoms with Crippen molar-refractivity contribution in [2.75, 3.05) is 20.1 Å². The molecule has 0 unspecified atom stereocenters. The van der Waals surface area contributed by atoms with Crippen molar-refractivity contribution in [3.05, 3.63) is 53.2 Å². The summed E-state index contributed by atoms with van der Waals surface area (Å²) in [5, 5.41) is 3.92. The molecule has 2 aliphatic rings. The van der Waals surface area contributed by atoms with Gasteiger partial charge in [-0.25, -0.2) is 5.43 Å². The SMILES string of the molecule is Cc1ccc(C(=O)N(C)Cc2ccco2)c(C2CCN(C(=O)C3=NNC(=O)CC3)CC2)n1. The van der Waals surface area contributed by atoms with Crippen LogP contribution in [0.1, 0.15) is 59.1 Å². The van der Waals surface area contributed by atoms with Crippen molar-refractivity contribution in [3.63, 3.8) is 0 Å². The van der Waals surface area contributed by atoms with Crippen LogP contribution in [0.3, 0.4) is 0 Å². The second-order valence-corrected chi connectivity index (χ2v) is 8.29. The maximum Gasteiger partial charge on any atom is 0.270 e. The summed E-state index contributed by atoms with van der Waals surface area (Å²) in [4.78, 5) is 45.3. The first-order valence-corrected chi connectivity index (χ1v) is 10.8. The van der Waals surface area contributed by atoms with Gasteiger partial charge >= 0.3 is 0 Å². The van der Waals surface area contributed by atoms with E-state index < -0.39 is 0 Å². The van der Waals surface area contributed by atoms with Crippen LogP contribution in [0.2, 0.25) is 0 Å². The molecular weight excluding hydrogens is 410 g/mol. The number of piperidine rings is 1. The van der Waals surface area contributed by atoms with E-state index in [4.69, 9.17) is 9.40 Å². The second-order valence-electron chi connectivity index (χ2n) is 8.29. The van der Waals surface area contributed by atoms with Crippen LogP contribution in [0.15, 0.2) is 40.0 Å². The molecular formula is C23H27N5O4. The number of pyridine rings is 1. The van der Waals surface area contributed by atoms with E-state index in [1.165, 1.54) is 0 Å². The summed E-state index contributed by atoms with van der Waals surface area (Å²) in [6.45, 7) is 3.41. The predicted molar refractivity (Wildman–Crippen MR) is 117 cm³/mol. The van der Waals surface area contributed by atoms with E-state index in [2.05, 4.69) is 10.5 Å². The van der Waals surface area contributed by atoms with Gasteiger partial charge in [0.25, 0.3) is 11.8 Å².